The first kappa shape index (κ1) is 8.73. The van der Waals surface area contributed by atoms with E-state index in [2.05, 4.69) is 10.2 Å². The summed E-state index contributed by atoms with van der Waals surface area (Å²) in [5.74, 6) is 0.0821. The Morgan fingerprint density at radius 1 is 1.27 bits per heavy atom. The Hall–Kier alpha value is -1.55. The molecule has 0 saturated heterocycles. The van der Waals surface area contributed by atoms with Crippen LogP contribution in [-0.2, 0) is 0 Å². The number of hydrogen-bond donors (Lipinski definition) is 1. The zero-order chi connectivity index (χ0) is 10.4. The second-order valence-corrected chi connectivity index (χ2v) is 4.15. The van der Waals surface area contributed by atoms with Crippen LogP contribution in [0, 0.1) is 0 Å². The Morgan fingerprint density at radius 2 is 2.00 bits per heavy atom. The highest BCUT2D eigenvalue weighted by Gasteiger charge is 2.31. The summed E-state index contributed by atoms with van der Waals surface area (Å²) in [4.78, 5) is 12.1. The van der Waals surface area contributed by atoms with Crippen molar-refractivity contribution < 1.29 is 4.79 Å². The minimum Gasteiger partial charge on any atom is -0.288 e. The molecule has 74 valence electrons. The number of carbonyl (C=O) groups is 1. The van der Waals surface area contributed by atoms with Crippen LogP contribution >= 0.6 is 11.8 Å². The lowest BCUT2D eigenvalue weighted by Crippen LogP contribution is -1.95. The van der Waals surface area contributed by atoms with Gasteiger partial charge in [-0.05, 0) is 6.26 Å². The first-order chi connectivity index (χ1) is 7.33. The fraction of sp³-hybridized carbons (Fsp3) is 0.0909. The standard InChI is InChI=1S/C11H8N2OS/c1-15-11-8-9(12-13-11)6-4-2-3-5-7(6)10(8)14/h2-5H,1H3,(H,12,13). The molecule has 3 rings (SSSR count). The molecule has 0 amide bonds. The molecular weight excluding hydrogens is 208 g/mol. The maximum atomic E-state index is 12.1. The number of fused-ring (bicyclic) bond motifs is 3. The van der Waals surface area contributed by atoms with Gasteiger partial charge >= 0.3 is 0 Å². The lowest BCUT2D eigenvalue weighted by molar-refractivity contribution is 0.104. The molecule has 3 nitrogen and oxygen atoms in total. The monoisotopic (exact) mass is 216 g/mol. The summed E-state index contributed by atoms with van der Waals surface area (Å²) in [5, 5.41) is 7.84. The average Bonchev–Trinajstić information content (AvgIpc) is 2.81. The van der Waals surface area contributed by atoms with Crippen molar-refractivity contribution in [3.05, 3.63) is 35.4 Å². The van der Waals surface area contributed by atoms with Gasteiger partial charge in [0.1, 0.15) is 5.03 Å². The molecule has 0 atom stereocenters. The summed E-state index contributed by atoms with van der Waals surface area (Å²) in [6.07, 6.45) is 1.92. The van der Waals surface area contributed by atoms with Gasteiger partial charge in [0.05, 0.1) is 11.3 Å². The van der Waals surface area contributed by atoms with Crippen molar-refractivity contribution in [3.8, 4) is 11.3 Å². The van der Waals surface area contributed by atoms with E-state index < -0.39 is 0 Å². The lowest BCUT2D eigenvalue weighted by Gasteiger charge is -1.95. The molecule has 1 aliphatic rings. The molecule has 1 aromatic heterocycles. The average molecular weight is 216 g/mol. The van der Waals surface area contributed by atoms with E-state index in [0.717, 1.165) is 27.4 Å². The third kappa shape index (κ3) is 1.02. The van der Waals surface area contributed by atoms with Gasteiger partial charge < -0.3 is 0 Å². The molecule has 0 unspecified atom stereocenters. The molecule has 1 aromatic carbocycles. The molecule has 0 fully saturated rings. The van der Waals surface area contributed by atoms with Crippen LogP contribution in [0.15, 0.2) is 29.3 Å². The van der Waals surface area contributed by atoms with Crippen LogP contribution in [0.4, 0.5) is 0 Å². The fourth-order valence-corrected chi connectivity index (χ4v) is 2.45. The van der Waals surface area contributed by atoms with E-state index in [-0.39, 0.29) is 5.78 Å². The van der Waals surface area contributed by atoms with Crippen molar-refractivity contribution in [3.63, 3.8) is 0 Å². The number of aromatic amines is 1. The number of nitrogens with one attached hydrogen (secondary N) is 1. The van der Waals surface area contributed by atoms with Gasteiger partial charge in [0.25, 0.3) is 0 Å². The minimum atomic E-state index is 0.0821. The predicted octanol–water partition coefficient (Wildman–Crippen LogP) is 2.34. The van der Waals surface area contributed by atoms with Crippen molar-refractivity contribution in [2.75, 3.05) is 6.26 Å². The van der Waals surface area contributed by atoms with E-state index in [1.54, 1.807) is 0 Å². The molecule has 0 radical (unpaired) electrons. The van der Waals surface area contributed by atoms with E-state index in [4.69, 9.17) is 0 Å². The molecule has 15 heavy (non-hydrogen) atoms. The molecule has 0 aliphatic heterocycles. The highest BCUT2D eigenvalue weighted by atomic mass is 32.2. The highest BCUT2D eigenvalue weighted by molar-refractivity contribution is 7.98. The Bertz CT molecular complexity index is 559. The van der Waals surface area contributed by atoms with Gasteiger partial charge in [-0.2, -0.15) is 5.10 Å². The fourth-order valence-electron chi connectivity index (χ4n) is 1.91. The molecule has 0 bridgehead atoms. The van der Waals surface area contributed by atoms with E-state index in [0.29, 0.717) is 0 Å². The third-order valence-electron chi connectivity index (χ3n) is 2.59. The van der Waals surface area contributed by atoms with Crippen LogP contribution in [0.2, 0.25) is 0 Å². The Kier molecular flexibility index (Phi) is 1.73. The lowest BCUT2D eigenvalue weighted by atomic mass is 10.1. The van der Waals surface area contributed by atoms with Crippen LogP contribution < -0.4 is 0 Å². The molecule has 0 saturated carbocycles. The number of nitrogens with zero attached hydrogens (tertiary/aromatic N) is 1. The van der Waals surface area contributed by atoms with Crippen molar-refractivity contribution >= 4 is 17.5 Å². The third-order valence-corrected chi connectivity index (χ3v) is 3.28. The van der Waals surface area contributed by atoms with Crippen molar-refractivity contribution in [2.45, 2.75) is 5.03 Å². The molecule has 1 N–H and O–H groups in total. The van der Waals surface area contributed by atoms with Crippen LogP contribution in [0.5, 0.6) is 0 Å². The number of rotatable bonds is 1. The number of thioether (sulfide) groups is 1. The number of aromatic nitrogens is 2. The van der Waals surface area contributed by atoms with Crippen molar-refractivity contribution in [2.24, 2.45) is 0 Å². The quantitative estimate of drug-likeness (QED) is 0.635. The van der Waals surface area contributed by atoms with Crippen LogP contribution in [0.3, 0.4) is 0 Å². The first-order valence-corrected chi connectivity index (χ1v) is 5.82. The molecule has 1 aliphatic carbocycles. The summed E-state index contributed by atoms with van der Waals surface area (Å²) >= 11 is 1.49. The number of ketones is 1. The zero-order valence-corrected chi connectivity index (χ0v) is 8.89. The molecular formula is C11H8N2OS. The highest BCUT2D eigenvalue weighted by Crippen LogP contribution is 2.38. The molecule has 1 heterocycles. The van der Waals surface area contributed by atoms with E-state index in [9.17, 15) is 4.79 Å². The first-order valence-electron chi connectivity index (χ1n) is 4.59. The number of benzene rings is 1. The van der Waals surface area contributed by atoms with Crippen LogP contribution in [-0.4, -0.2) is 22.2 Å². The second kappa shape index (κ2) is 2.97. The summed E-state index contributed by atoms with van der Waals surface area (Å²) < 4.78 is 0. The van der Waals surface area contributed by atoms with Gasteiger partial charge in [-0.25, -0.2) is 0 Å². The van der Waals surface area contributed by atoms with E-state index in [1.165, 1.54) is 11.8 Å². The van der Waals surface area contributed by atoms with Gasteiger partial charge in [-0.15, -0.1) is 11.8 Å². The normalized spacial score (nSPS) is 12.7. The summed E-state index contributed by atoms with van der Waals surface area (Å²) in [6.45, 7) is 0. The number of carbonyl (C=O) groups excluding carboxylic acids is 1. The Balaban J connectivity index is 2.34. The van der Waals surface area contributed by atoms with Crippen LogP contribution in [0.25, 0.3) is 11.3 Å². The molecule has 0 spiro atoms. The largest absolute Gasteiger partial charge is 0.288 e. The SMILES string of the molecule is CSc1n[nH]c2c1C(=O)c1ccccc1-2. The van der Waals surface area contributed by atoms with Gasteiger partial charge in [0, 0.05) is 11.1 Å². The number of H-pyrrole nitrogens is 1. The van der Waals surface area contributed by atoms with Gasteiger partial charge in [0.15, 0.2) is 5.78 Å². The zero-order valence-electron chi connectivity index (χ0n) is 8.07. The van der Waals surface area contributed by atoms with Gasteiger partial charge in [-0.3, -0.25) is 9.89 Å². The van der Waals surface area contributed by atoms with Crippen molar-refractivity contribution in [1.82, 2.24) is 10.2 Å². The Morgan fingerprint density at radius 3 is 2.73 bits per heavy atom. The topological polar surface area (TPSA) is 45.8 Å². The van der Waals surface area contributed by atoms with Gasteiger partial charge in [-0.1, -0.05) is 24.3 Å². The van der Waals surface area contributed by atoms with Gasteiger partial charge in [0.2, 0.25) is 0 Å². The molecule has 4 heteroatoms. The summed E-state index contributed by atoms with van der Waals surface area (Å²) in [5.41, 5.74) is 3.32. The summed E-state index contributed by atoms with van der Waals surface area (Å²) in [7, 11) is 0. The maximum absolute atomic E-state index is 12.1. The van der Waals surface area contributed by atoms with E-state index in [1.807, 2.05) is 30.5 Å². The predicted molar refractivity (Wildman–Crippen MR) is 59.2 cm³/mol. The maximum Gasteiger partial charge on any atom is 0.198 e. The van der Waals surface area contributed by atoms with Crippen LogP contribution in [0.1, 0.15) is 15.9 Å². The van der Waals surface area contributed by atoms with Crippen molar-refractivity contribution in [1.29, 1.82) is 0 Å². The van der Waals surface area contributed by atoms with E-state index >= 15 is 0 Å². The molecule has 2 aromatic rings. The number of hydrogen-bond acceptors (Lipinski definition) is 3. The second-order valence-electron chi connectivity index (χ2n) is 3.36. The minimum absolute atomic E-state index is 0.0821. The summed E-state index contributed by atoms with van der Waals surface area (Å²) in [6, 6.07) is 7.62. The Labute approximate surface area is 90.9 Å². The smallest absolute Gasteiger partial charge is 0.198 e.